The quantitative estimate of drug-likeness (QED) is 0.485. The summed E-state index contributed by atoms with van der Waals surface area (Å²) in [6.45, 7) is 4.23. The van der Waals surface area contributed by atoms with Crippen LogP contribution in [-0.4, -0.2) is 75.6 Å². The minimum Gasteiger partial charge on any atom is -0.496 e. The first-order chi connectivity index (χ1) is 16.9. The average Bonchev–Trinajstić information content (AvgIpc) is 3.17. The van der Waals surface area contributed by atoms with E-state index >= 15 is 0 Å². The Morgan fingerprint density at radius 2 is 1.94 bits per heavy atom. The third kappa shape index (κ3) is 4.86. The summed E-state index contributed by atoms with van der Waals surface area (Å²) >= 11 is 0. The van der Waals surface area contributed by atoms with E-state index in [2.05, 4.69) is 10.2 Å². The number of carbonyl (C=O) groups excluding carboxylic acids is 3. The molecule has 1 N–H and O–H groups in total. The predicted octanol–water partition coefficient (Wildman–Crippen LogP) is 0.320. The minimum atomic E-state index is -0.835. The first-order valence-electron chi connectivity index (χ1n) is 11.8. The van der Waals surface area contributed by atoms with E-state index in [4.69, 9.17) is 25.2 Å². The number of nitrogens with one attached hydrogen (secondary N) is 1. The zero-order valence-corrected chi connectivity index (χ0v) is 19.4. The van der Waals surface area contributed by atoms with Crippen LogP contribution in [0.5, 0.6) is 5.75 Å². The molecular formula is C25H25B2N3O5. The molecule has 8 nitrogen and oxygen atoms in total. The van der Waals surface area contributed by atoms with Gasteiger partial charge in [-0.2, -0.15) is 0 Å². The first-order valence-corrected chi connectivity index (χ1v) is 11.8. The Hall–Kier alpha value is -3.10. The van der Waals surface area contributed by atoms with Crippen LogP contribution in [0.3, 0.4) is 0 Å². The zero-order valence-electron chi connectivity index (χ0n) is 19.4. The number of benzene rings is 2. The molecular weight excluding hydrogens is 444 g/mol. The van der Waals surface area contributed by atoms with Crippen LogP contribution in [0.25, 0.3) is 0 Å². The van der Waals surface area contributed by atoms with Crippen LogP contribution in [0.2, 0.25) is 0 Å². The van der Waals surface area contributed by atoms with Crippen molar-refractivity contribution in [2.45, 2.75) is 38.0 Å². The number of ether oxygens (including phenoxy) is 2. The molecule has 3 aliphatic rings. The molecule has 0 spiro atoms. The number of hydrogen-bond acceptors (Lipinski definition) is 6. The van der Waals surface area contributed by atoms with Crippen LogP contribution in [0.1, 0.15) is 45.9 Å². The second-order valence-electron chi connectivity index (χ2n) is 9.07. The maximum absolute atomic E-state index is 13.0. The number of imide groups is 1. The van der Waals surface area contributed by atoms with Crippen molar-refractivity contribution in [3.05, 3.63) is 58.7 Å². The summed E-state index contributed by atoms with van der Waals surface area (Å²) < 4.78 is 11.5. The molecule has 0 bridgehead atoms. The fraction of sp³-hybridized carbons (Fsp3) is 0.400. The van der Waals surface area contributed by atoms with Crippen molar-refractivity contribution in [2.75, 3.05) is 26.3 Å². The number of hydrogen-bond donors (Lipinski definition) is 1. The van der Waals surface area contributed by atoms with Gasteiger partial charge in [-0.25, -0.2) is 0 Å². The Morgan fingerprint density at radius 3 is 2.69 bits per heavy atom. The van der Waals surface area contributed by atoms with Crippen LogP contribution in [0, 0.1) is 0 Å². The third-order valence-corrected chi connectivity index (χ3v) is 6.76. The molecule has 35 heavy (non-hydrogen) atoms. The lowest BCUT2D eigenvalue weighted by atomic mass is 9.80. The molecule has 2 atom stereocenters. The highest BCUT2D eigenvalue weighted by molar-refractivity contribution is 6.34. The van der Waals surface area contributed by atoms with Gasteiger partial charge in [-0.15, -0.1) is 0 Å². The number of fused-ring (bicyclic) bond motifs is 1. The summed E-state index contributed by atoms with van der Waals surface area (Å²) in [7, 11) is 12.7. The molecule has 2 saturated heterocycles. The highest BCUT2D eigenvalue weighted by Gasteiger charge is 2.40. The van der Waals surface area contributed by atoms with Crippen molar-refractivity contribution in [3.8, 4) is 5.75 Å². The molecule has 4 radical (unpaired) electrons. The van der Waals surface area contributed by atoms with Gasteiger partial charge < -0.3 is 14.4 Å². The summed E-state index contributed by atoms with van der Waals surface area (Å²) in [5, 5.41) is 2.31. The van der Waals surface area contributed by atoms with Crippen molar-refractivity contribution in [2.24, 2.45) is 0 Å². The molecule has 0 aliphatic carbocycles. The molecule has 0 aromatic heterocycles. The SMILES string of the molecule is [B]c1cc(CN2CCOCC2)ccc1C([B])Oc1cccc2c1CN(C1CCC(=O)NC1=O)C2=O. The first kappa shape index (κ1) is 23.6. The fourth-order valence-corrected chi connectivity index (χ4v) is 4.87. The van der Waals surface area contributed by atoms with Gasteiger partial charge in [-0.1, -0.05) is 29.7 Å². The third-order valence-electron chi connectivity index (χ3n) is 6.76. The van der Waals surface area contributed by atoms with Gasteiger partial charge in [0.05, 0.1) is 25.8 Å². The van der Waals surface area contributed by atoms with Crippen molar-refractivity contribution >= 4 is 38.9 Å². The maximum atomic E-state index is 13.0. The van der Waals surface area contributed by atoms with Crippen LogP contribution >= 0.6 is 0 Å². The average molecular weight is 469 g/mol. The number of carbonyl (C=O) groups is 3. The van der Waals surface area contributed by atoms with E-state index < -0.39 is 18.0 Å². The number of rotatable bonds is 6. The van der Waals surface area contributed by atoms with Gasteiger partial charge in [0.2, 0.25) is 11.8 Å². The summed E-state index contributed by atoms with van der Waals surface area (Å²) in [6, 6.07) is 9.44. The van der Waals surface area contributed by atoms with E-state index in [1.165, 1.54) is 4.90 Å². The second-order valence-corrected chi connectivity index (χ2v) is 9.07. The van der Waals surface area contributed by atoms with Crippen molar-refractivity contribution in [1.29, 1.82) is 0 Å². The van der Waals surface area contributed by atoms with Gasteiger partial charge in [-0.3, -0.25) is 24.6 Å². The van der Waals surface area contributed by atoms with Gasteiger partial charge in [0.15, 0.2) is 0 Å². The molecule has 3 aliphatic heterocycles. The normalized spacial score (nSPS) is 21.5. The lowest BCUT2D eigenvalue weighted by Gasteiger charge is -2.29. The second kappa shape index (κ2) is 9.87. The Morgan fingerprint density at radius 1 is 1.14 bits per heavy atom. The largest absolute Gasteiger partial charge is 0.496 e. The Balaban J connectivity index is 1.30. The topological polar surface area (TPSA) is 88.2 Å². The number of nitrogens with zero attached hydrogens (tertiary/aromatic N) is 2. The van der Waals surface area contributed by atoms with Gasteiger partial charge in [0.1, 0.15) is 27.5 Å². The van der Waals surface area contributed by atoms with Crippen molar-refractivity contribution < 1.29 is 23.9 Å². The van der Waals surface area contributed by atoms with E-state index in [-0.39, 0.29) is 24.8 Å². The van der Waals surface area contributed by atoms with E-state index in [9.17, 15) is 14.4 Å². The predicted molar refractivity (Wildman–Crippen MR) is 130 cm³/mol. The van der Waals surface area contributed by atoms with E-state index in [0.717, 1.165) is 38.4 Å². The molecule has 3 heterocycles. The van der Waals surface area contributed by atoms with Gasteiger partial charge >= 0.3 is 0 Å². The molecule has 0 saturated carbocycles. The fourth-order valence-electron chi connectivity index (χ4n) is 4.87. The summed E-state index contributed by atoms with van der Waals surface area (Å²) in [6.07, 6.45) is 0.499. The number of morpholine rings is 1. The van der Waals surface area contributed by atoms with Gasteiger partial charge in [-0.05, 0) is 29.7 Å². The summed E-state index contributed by atoms with van der Waals surface area (Å²) in [5.74, 6) is -0.569. The zero-order chi connectivity index (χ0) is 24.5. The molecule has 10 heteroatoms. The minimum absolute atomic E-state index is 0.200. The molecule has 2 aromatic rings. The van der Waals surface area contributed by atoms with Gasteiger partial charge in [0, 0.05) is 37.2 Å². The van der Waals surface area contributed by atoms with E-state index in [1.807, 2.05) is 18.2 Å². The van der Waals surface area contributed by atoms with Crippen LogP contribution in [-0.2, 0) is 27.4 Å². The molecule has 2 fully saturated rings. The lowest BCUT2D eigenvalue weighted by Crippen LogP contribution is -2.52. The number of piperidine rings is 1. The molecule has 2 aromatic carbocycles. The van der Waals surface area contributed by atoms with Crippen LogP contribution in [0.4, 0.5) is 0 Å². The Bertz CT molecular complexity index is 1170. The summed E-state index contributed by atoms with van der Waals surface area (Å²) in [4.78, 5) is 40.7. The monoisotopic (exact) mass is 469 g/mol. The maximum Gasteiger partial charge on any atom is 0.255 e. The Labute approximate surface area is 206 Å². The standard InChI is InChI=1S/C25H25B2N3O5/c26-19-12-15(13-29-8-10-34-11-9-29)4-5-17(19)23(27)35-21-3-1-2-16-18(21)14-30(25(16)33)20-6-7-22(31)28-24(20)32/h1-5,12,20,23H,6-11,13-14H2,(H,28,31,32). The van der Waals surface area contributed by atoms with E-state index in [0.29, 0.717) is 34.3 Å². The lowest BCUT2D eigenvalue weighted by molar-refractivity contribution is -0.136. The van der Waals surface area contributed by atoms with Crippen molar-refractivity contribution in [1.82, 2.24) is 15.1 Å². The van der Waals surface area contributed by atoms with Crippen LogP contribution in [0.15, 0.2) is 36.4 Å². The molecule has 3 amide bonds. The smallest absolute Gasteiger partial charge is 0.255 e. The molecule has 5 rings (SSSR count). The summed E-state index contributed by atoms with van der Waals surface area (Å²) in [5.41, 5.74) is 3.41. The van der Waals surface area contributed by atoms with Crippen LogP contribution < -0.4 is 15.5 Å². The van der Waals surface area contributed by atoms with E-state index in [1.54, 1.807) is 18.2 Å². The highest BCUT2D eigenvalue weighted by Crippen LogP contribution is 2.35. The Kier molecular flexibility index (Phi) is 6.67. The van der Waals surface area contributed by atoms with Gasteiger partial charge in [0.25, 0.3) is 5.91 Å². The molecule has 2 unspecified atom stereocenters. The van der Waals surface area contributed by atoms with Crippen molar-refractivity contribution in [3.63, 3.8) is 0 Å². The molecule has 176 valence electrons. The number of amides is 3. The highest BCUT2D eigenvalue weighted by atomic mass is 16.5.